The molecule has 0 aliphatic heterocycles. The molecule has 152 valence electrons. The Morgan fingerprint density at radius 1 is 1.03 bits per heavy atom. The highest BCUT2D eigenvalue weighted by Gasteiger charge is 2.24. The number of benzene rings is 2. The number of nitrogens with one attached hydrogen (secondary N) is 1. The van der Waals surface area contributed by atoms with Gasteiger partial charge in [-0.15, -0.1) is 0 Å². The van der Waals surface area contributed by atoms with Gasteiger partial charge in [0.1, 0.15) is 5.76 Å². The fourth-order valence-electron chi connectivity index (χ4n) is 3.71. The van der Waals surface area contributed by atoms with Gasteiger partial charge in [-0.2, -0.15) is 0 Å². The average molecular weight is 418 g/mol. The standard InChI is InChI=1S/C25H23NO3S/c1-17-23(14-18-9-11-20(12-10-18)30(2)28)21-7-3-4-8-22(21)24(17)15-25(27)26-16-19-6-5-13-29-19/h3-14H,15-16H2,1-2H3,(H,26,27). The van der Waals surface area contributed by atoms with Crippen molar-refractivity contribution < 1.29 is 13.4 Å². The van der Waals surface area contributed by atoms with Gasteiger partial charge in [-0.25, -0.2) is 0 Å². The second kappa shape index (κ2) is 8.67. The molecule has 5 heteroatoms. The molecule has 1 atom stereocenters. The maximum Gasteiger partial charge on any atom is 0.224 e. The number of carbonyl (C=O) groups is 1. The van der Waals surface area contributed by atoms with E-state index in [0.717, 1.165) is 44.1 Å². The fourth-order valence-corrected chi connectivity index (χ4v) is 4.23. The van der Waals surface area contributed by atoms with E-state index in [1.54, 1.807) is 12.5 Å². The number of hydrogen-bond donors (Lipinski definition) is 1. The molecule has 30 heavy (non-hydrogen) atoms. The van der Waals surface area contributed by atoms with Gasteiger partial charge in [0, 0.05) is 22.0 Å². The van der Waals surface area contributed by atoms with Crippen molar-refractivity contribution in [3.8, 4) is 0 Å². The molecule has 3 aromatic rings. The maximum atomic E-state index is 12.6. The Labute approximate surface area is 178 Å². The lowest BCUT2D eigenvalue weighted by atomic mass is 10.0. The SMILES string of the molecule is CC1=C(CC(=O)NCc2ccco2)c2ccccc2C1=Cc1ccc(S(C)=O)cc1. The molecule has 1 N–H and O–H groups in total. The van der Waals surface area contributed by atoms with Crippen molar-refractivity contribution in [2.24, 2.45) is 0 Å². The van der Waals surface area contributed by atoms with Crippen molar-refractivity contribution in [1.29, 1.82) is 0 Å². The van der Waals surface area contributed by atoms with Crippen LogP contribution < -0.4 is 5.32 Å². The van der Waals surface area contributed by atoms with Crippen LogP contribution in [0.25, 0.3) is 17.2 Å². The lowest BCUT2D eigenvalue weighted by molar-refractivity contribution is -0.120. The smallest absolute Gasteiger partial charge is 0.224 e. The third-order valence-corrected chi connectivity index (χ3v) is 6.24. The Kier molecular flexibility index (Phi) is 5.81. The summed E-state index contributed by atoms with van der Waals surface area (Å²) < 4.78 is 16.9. The quantitative estimate of drug-likeness (QED) is 0.610. The zero-order valence-corrected chi connectivity index (χ0v) is 17.8. The van der Waals surface area contributed by atoms with Crippen LogP contribution in [0.4, 0.5) is 0 Å². The Balaban J connectivity index is 1.60. The van der Waals surface area contributed by atoms with Crippen molar-refractivity contribution >= 4 is 33.9 Å². The third-order valence-electron chi connectivity index (χ3n) is 5.30. The Hall–Kier alpha value is -3.18. The molecule has 2 aromatic carbocycles. The molecule has 0 radical (unpaired) electrons. The van der Waals surface area contributed by atoms with Gasteiger partial charge < -0.3 is 9.73 Å². The normalized spacial score (nSPS) is 15.3. The van der Waals surface area contributed by atoms with E-state index in [2.05, 4.69) is 30.4 Å². The highest BCUT2D eigenvalue weighted by molar-refractivity contribution is 7.84. The molecule has 1 aromatic heterocycles. The van der Waals surface area contributed by atoms with Crippen molar-refractivity contribution in [2.75, 3.05) is 6.26 Å². The van der Waals surface area contributed by atoms with Gasteiger partial charge >= 0.3 is 0 Å². The summed E-state index contributed by atoms with van der Waals surface area (Å²) in [6.45, 7) is 2.45. The number of amides is 1. The largest absolute Gasteiger partial charge is 0.467 e. The summed E-state index contributed by atoms with van der Waals surface area (Å²) in [5, 5.41) is 2.93. The number of allylic oxidation sites excluding steroid dienone is 2. The van der Waals surface area contributed by atoms with E-state index in [4.69, 9.17) is 4.42 Å². The van der Waals surface area contributed by atoms with Gasteiger partial charge in [0.05, 0.1) is 19.2 Å². The molecule has 0 spiro atoms. The molecule has 0 saturated heterocycles. The van der Waals surface area contributed by atoms with Crippen LogP contribution in [0, 0.1) is 0 Å². The van der Waals surface area contributed by atoms with Gasteiger partial charge in [0.25, 0.3) is 0 Å². The first kappa shape index (κ1) is 20.1. The van der Waals surface area contributed by atoms with Crippen molar-refractivity contribution in [2.45, 2.75) is 24.8 Å². The molecule has 0 fully saturated rings. The number of rotatable bonds is 6. The fraction of sp³-hybridized carbons (Fsp3) is 0.160. The lowest BCUT2D eigenvalue weighted by Crippen LogP contribution is -2.22. The van der Waals surface area contributed by atoms with E-state index in [9.17, 15) is 9.00 Å². The first-order valence-electron chi connectivity index (χ1n) is 9.77. The second-order valence-corrected chi connectivity index (χ2v) is 8.64. The number of hydrogen-bond acceptors (Lipinski definition) is 3. The molecule has 0 bridgehead atoms. The number of carbonyl (C=O) groups excluding carboxylic acids is 1. The summed E-state index contributed by atoms with van der Waals surface area (Å²) in [4.78, 5) is 13.4. The van der Waals surface area contributed by atoms with Gasteiger partial charge in [0.2, 0.25) is 5.91 Å². The number of fused-ring (bicyclic) bond motifs is 1. The van der Waals surface area contributed by atoms with Gasteiger partial charge in [-0.1, -0.05) is 36.4 Å². The van der Waals surface area contributed by atoms with Crippen LogP contribution in [0.1, 0.15) is 35.8 Å². The Morgan fingerprint density at radius 3 is 2.43 bits per heavy atom. The Bertz CT molecular complexity index is 1160. The first-order valence-corrected chi connectivity index (χ1v) is 11.3. The van der Waals surface area contributed by atoms with Gasteiger partial charge in [-0.05, 0) is 70.7 Å². The second-order valence-electron chi connectivity index (χ2n) is 7.26. The van der Waals surface area contributed by atoms with Crippen LogP contribution in [0.15, 0.2) is 81.8 Å². The van der Waals surface area contributed by atoms with E-state index < -0.39 is 10.8 Å². The molecule has 1 unspecified atom stereocenters. The van der Waals surface area contributed by atoms with Gasteiger partial charge in [0.15, 0.2) is 0 Å². The average Bonchev–Trinajstić information content (AvgIpc) is 3.36. The summed E-state index contributed by atoms with van der Waals surface area (Å²) in [6.07, 6.45) is 5.72. The molecule has 1 aliphatic carbocycles. The van der Waals surface area contributed by atoms with Crippen LogP contribution in [0.2, 0.25) is 0 Å². The van der Waals surface area contributed by atoms with Crippen LogP contribution in [-0.4, -0.2) is 16.4 Å². The highest BCUT2D eigenvalue weighted by atomic mass is 32.2. The van der Waals surface area contributed by atoms with Crippen molar-refractivity contribution in [3.63, 3.8) is 0 Å². The van der Waals surface area contributed by atoms with Crippen LogP contribution >= 0.6 is 0 Å². The summed E-state index contributed by atoms with van der Waals surface area (Å²) >= 11 is 0. The minimum Gasteiger partial charge on any atom is -0.467 e. The van der Waals surface area contributed by atoms with E-state index in [0.29, 0.717) is 13.0 Å². The number of furan rings is 1. The van der Waals surface area contributed by atoms with Gasteiger partial charge in [-0.3, -0.25) is 9.00 Å². The van der Waals surface area contributed by atoms with E-state index in [1.165, 1.54) is 0 Å². The topological polar surface area (TPSA) is 59.3 Å². The summed E-state index contributed by atoms with van der Waals surface area (Å²) in [7, 11) is -0.991. The third kappa shape index (κ3) is 4.21. The highest BCUT2D eigenvalue weighted by Crippen LogP contribution is 2.43. The van der Waals surface area contributed by atoms with E-state index in [1.807, 2.05) is 48.5 Å². The molecular weight excluding hydrogens is 394 g/mol. The van der Waals surface area contributed by atoms with Crippen molar-refractivity contribution in [3.05, 3.63) is 95.0 Å². The summed E-state index contributed by atoms with van der Waals surface area (Å²) in [5.74, 6) is 0.699. The monoisotopic (exact) mass is 417 g/mol. The van der Waals surface area contributed by atoms with E-state index >= 15 is 0 Å². The molecule has 1 amide bonds. The predicted molar refractivity (Wildman–Crippen MR) is 121 cm³/mol. The lowest BCUT2D eigenvalue weighted by Gasteiger charge is -2.07. The molecular formula is C25H23NO3S. The molecule has 1 aliphatic rings. The zero-order valence-electron chi connectivity index (χ0n) is 17.0. The molecule has 1 heterocycles. The minimum atomic E-state index is -0.991. The summed E-state index contributed by atoms with van der Waals surface area (Å²) in [6, 6.07) is 19.6. The maximum absolute atomic E-state index is 12.6. The first-order chi connectivity index (χ1) is 14.5. The van der Waals surface area contributed by atoms with E-state index in [-0.39, 0.29) is 5.91 Å². The predicted octanol–water partition coefficient (Wildman–Crippen LogP) is 5.05. The van der Waals surface area contributed by atoms with Crippen LogP contribution in [0.5, 0.6) is 0 Å². The molecule has 0 saturated carbocycles. The van der Waals surface area contributed by atoms with Crippen LogP contribution in [-0.2, 0) is 22.1 Å². The van der Waals surface area contributed by atoms with Crippen LogP contribution in [0.3, 0.4) is 0 Å². The minimum absolute atomic E-state index is 0.0356. The zero-order chi connectivity index (χ0) is 21.1. The van der Waals surface area contributed by atoms with Crippen molar-refractivity contribution in [1.82, 2.24) is 5.32 Å². The molecule has 4 nitrogen and oxygen atoms in total. The Morgan fingerprint density at radius 2 is 1.77 bits per heavy atom. The summed E-state index contributed by atoms with van der Waals surface area (Å²) in [5.41, 5.74) is 6.53. The molecule has 4 rings (SSSR count).